The Bertz CT molecular complexity index is 922. The number of nitrogens with one attached hydrogen (secondary N) is 3. The minimum absolute atomic E-state index is 0.100. The molecule has 0 unspecified atom stereocenters. The Labute approximate surface area is 143 Å². The molecule has 1 amide bonds. The summed E-state index contributed by atoms with van der Waals surface area (Å²) < 4.78 is 13.9. The van der Waals surface area contributed by atoms with Gasteiger partial charge in [-0.2, -0.15) is 4.39 Å². The molecule has 0 aliphatic heterocycles. The number of amides is 1. The zero-order chi connectivity index (χ0) is 17.3. The van der Waals surface area contributed by atoms with Crippen LogP contribution in [0.2, 0.25) is 5.02 Å². The maximum atomic E-state index is 13.9. The molecule has 1 aromatic carbocycles. The van der Waals surface area contributed by atoms with E-state index in [-0.39, 0.29) is 5.91 Å². The topological polar surface area (TPSA) is 69.8 Å². The third-order valence-corrected chi connectivity index (χ3v) is 4.00. The van der Waals surface area contributed by atoms with Gasteiger partial charge in [0.15, 0.2) is 0 Å². The maximum absolute atomic E-state index is 13.9. The summed E-state index contributed by atoms with van der Waals surface area (Å²) in [6, 6.07) is 8.87. The van der Waals surface area contributed by atoms with Gasteiger partial charge < -0.3 is 15.6 Å². The Morgan fingerprint density at radius 1 is 1.33 bits per heavy atom. The van der Waals surface area contributed by atoms with Crippen LogP contribution in [-0.4, -0.2) is 22.9 Å². The summed E-state index contributed by atoms with van der Waals surface area (Å²) in [5.74, 6) is -0.680. The number of pyridine rings is 1. The third-order valence-electron chi connectivity index (χ3n) is 3.69. The van der Waals surface area contributed by atoms with Crippen LogP contribution in [0.25, 0.3) is 22.2 Å². The van der Waals surface area contributed by atoms with Gasteiger partial charge in [-0.1, -0.05) is 11.6 Å². The first-order valence-corrected chi connectivity index (χ1v) is 7.76. The van der Waals surface area contributed by atoms with E-state index in [9.17, 15) is 9.18 Å². The molecule has 2 heterocycles. The first kappa shape index (κ1) is 16.3. The van der Waals surface area contributed by atoms with Gasteiger partial charge in [0.1, 0.15) is 0 Å². The van der Waals surface area contributed by atoms with Gasteiger partial charge in [0, 0.05) is 36.1 Å². The van der Waals surface area contributed by atoms with Gasteiger partial charge in [-0.05, 0) is 30.3 Å². The molecule has 0 aliphatic carbocycles. The molecule has 0 spiro atoms. The first-order valence-electron chi connectivity index (χ1n) is 7.38. The standard InChI is InChI=1S/C17H16ClFN4O/c1-9(24)21-8-11-5-10-6-13(18)12(7-16(10)22-11)14-3-4-15(20-2)17(19)23-14/h3-7,20,22H,8H2,1-2H3,(H,21,24). The van der Waals surface area contributed by atoms with Crippen LogP contribution in [0.5, 0.6) is 0 Å². The molecule has 24 heavy (non-hydrogen) atoms. The van der Waals surface area contributed by atoms with E-state index >= 15 is 0 Å². The maximum Gasteiger partial charge on any atom is 0.236 e. The molecule has 5 nitrogen and oxygen atoms in total. The van der Waals surface area contributed by atoms with E-state index in [1.54, 1.807) is 25.2 Å². The summed E-state index contributed by atoms with van der Waals surface area (Å²) in [7, 11) is 1.63. The number of aromatic nitrogens is 2. The van der Waals surface area contributed by atoms with E-state index in [1.807, 2.05) is 12.1 Å². The second kappa shape index (κ2) is 6.49. The lowest BCUT2D eigenvalue weighted by Gasteiger charge is -2.07. The van der Waals surface area contributed by atoms with Gasteiger partial charge in [0.2, 0.25) is 11.9 Å². The van der Waals surface area contributed by atoms with E-state index < -0.39 is 5.95 Å². The minimum Gasteiger partial charge on any atom is -0.384 e. The Morgan fingerprint density at radius 2 is 2.12 bits per heavy atom. The molecule has 0 bridgehead atoms. The molecule has 0 saturated heterocycles. The molecule has 2 aromatic heterocycles. The number of fused-ring (bicyclic) bond motifs is 1. The largest absolute Gasteiger partial charge is 0.384 e. The quantitative estimate of drug-likeness (QED) is 0.631. The molecular weight excluding hydrogens is 331 g/mol. The monoisotopic (exact) mass is 346 g/mol. The number of aromatic amines is 1. The zero-order valence-electron chi connectivity index (χ0n) is 13.2. The number of halogens is 2. The van der Waals surface area contributed by atoms with Crippen LogP contribution in [-0.2, 0) is 11.3 Å². The Balaban J connectivity index is 2.00. The molecule has 3 rings (SSSR count). The number of anilines is 1. The van der Waals surface area contributed by atoms with Crippen molar-refractivity contribution in [3.8, 4) is 11.3 Å². The van der Waals surface area contributed by atoms with Crippen molar-refractivity contribution in [1.82, 2.24) is 15.3 Å². The molecule has 124 valence electrons. The van der Waals surface area contributed by atoms with Crippen LogP contribution in [0.4, 0.5) is 10.1 Å². The van der Waals surface area contributed by atoms with Crippen molar-refractivity contribution in [1.29, 1.82) is 0 Å². The van der Waals surface area contributed by atoms with E-state index in [0.717, 1.165) is 16.6 Å². The molecule has 0 atom stereocenters. The predicted octanol–water partition coefficient (Wildman–Crippen LogP) is 3.70. The highest BCUT2D eigenvalue weighted by atomic mass is 35.5. The van der Waals surface area contributed by atoms with Crippen molar-refractivity contribution in [2.75, 3.05) is 12.4 Å². The van der Waals surface area contributed by atoms with Crippen LogP contribution in [0.3, 0.4) is 0 Å². The van der Waals surface area contributed by atoms with E-state index in [0.29, 0.717) is 28.5 Å². The number of carbonyl (C=O) groups excluding carboxylic acids is 1. The van der Waals surface area contributed by atoms with E-state index in [4.69, 9.17) is 11.6 Å². The minimum atomic E-state index is -0.580. The van der Waals surface area contributed by atoms with Crippen molar-refractivity contribution in [2.24, 2.45) is 0 Å². The molecule has 3 N–H and O–H groups in total. The van der Waals surface area contributed by atoms with E-state index in [1.165, 1.54) is 6.92 Å². The van der Waals surface area contributed by atoms with Gasteiger partial charge >= 0.3 is 0 Å². The summed E-state index contributed by atoms with van der Waals surface area (Å²) in [6.07, 6.45) is 0. The summed E-state index contributed by atoms with van der Waals surface area (Å²) in [5.41, 5.74) is 3.12. The first-order chi connectivity index (χ1) is 11.5. The summed E-state index contributed by atoms with van der Waals surface area (Å²) >= 11 is 6.34. The van der Waals surface area contributed by atoms with Gasteiger partial charge in [0.05, 0.1) is 22.9 Å². The highest BCUT2D eigenvalue weighted by molar-refractivity contribution is 6.34. The van der Waals surface area contributed by atoms with E-state index in [2.05, 4.69) is 20.6 Å². The second-order valence-electron chi connectivity index (χ2n) is 5.41. The molecule has 0 radical (unpaired) electrons. The van der Waals surface area contributed by atoms with Crippen LogP contribution in [0, 0.1) is 5.95 Å². The molecule has 0 fully saturated rings. The Morgan fingerprint density at radius 3 is 2.79 bits per heavy atom. The fourth-order valence-corrected chi connectivity index (χ4v) is 2.76. The number of nitrogens with zero attached hydrogens (tertiary/aromatic N) is 1. The normalized spacial score (nSPS) is 10.8. The van der Waals surface area contributed by atoms with Crippen molar-refractivity contribution >= 4 is 34.1 Å². The molecular formula is C17H16ClFN4O. The van der Waals surface area contributed by atoms with Crippen molar-refractivity contribution in [3.05, 3.63) is 47.0 Å². The molecule has 0 aliphatic rings. The second-order valence-corrected chi connectivity index (χ2v) is 5.82. The lowest BCUT2D eigenvalue weighted by Crippen LogP contribution is -2.18. The highest BCUT2D eigenvalue weighted by Crippen LogP contribution is 2.32. The zero-order valence-corrected chi connectivity index (χ0v) is 14.0. The van der Waals surface area contributed by atoms with Gasteiger partial charge in [0.25, 0.3) is 0 Å². The van der Waals surface area contributed by atoms with Crippen LogP contribution in [0.1, 0.15) is 12.6 Å². The lowest BCUT2D eigenvalue weighted by molar-refractivity contribution is -0.119. The third kappa shape index (κ3) is 3.19. The van der Waals surface area contributed by atoms with Gasteiger partial charge in [-0.25, -0.2) is 4.98 Å². The summed E-state index contributed by atoms with van der Waals surface area (Å²) in [5, 5.41) is 6.86. The van der Waals surface area contributed by atoms with Gasteiger partial charge in [-0.3, -0.25) is 4.79 Å². The molecule has 7 heteroatoms. The number of hydrogen-bond acceptors (Lipinski definition) is 3. The summed E-state index contributed by atoms with van der Waals surface area (Å²) in [6.45, 7) is 1.87. The van der Waals surface area contributed by atoms with Crippen molar-refractivity contribution in [3.63, 3.8) is 0 Å². The molecule has 3 aromatic rings. The fourth-order valence-electron chi connectivity index (χ4n) is 2.50. The summed E-state index contributed by atoms with van der Waals surface area (Å²) in [4.78, 5) is 18.2. The Kier molecular flexibility index (Phi) is 4.40. The number of rotatable bonds is 4. The SMILES string of the molecule is CNc1ccc(-c2cc3[nH]c(CNC(C)=O)cc3cc2Cl)nc1F. The van der Waals surface area contributed by atoms with Crippen molar-refractivity contribution in [2.45, 2.75) is 13.5 Å². The number of H-pyrrole nitrogens is 1. The lowest BCUT2D eigenvalue weighted by atomic mass is 10.1. The number of hydrogen-bond donors (Lipinski definition) is 3. The molecule has 0 saturated carbocycles. The highest BCUT2D eigenvalue weighted by Gasteiger charge is 2.12. The van der Waals surface area contributed by atoms with Crippen LogP contribution >= 0.6 is 11.6 Å². The van der Waals surface area contributed by atoms with Crippen molar-refractivity contribution < 1.29 is 9.18 Å². The smallest absolute Gasteiger partial charge is 0.236 e. The Hall–Kier alpha value is -2.60. The van der Waals surface area contributed by atoms with Crippen LogP contribution in [0.15, 0.2) is 30.3 Å². The average molecular weight is 347 g/mol. The average Bonchev–Trinajstić information content (AvgIpc) is 2.93. The van der Waals surface area contributed by atoms with Crippen LogP contribution < -0.4 is 10.6 Å². The fraction of sp³-hybridized carbons (Fsp3) is 0.176. The van der Waals surface area contributed by atoms with Gasteiger partial charge in [-0.15, -0.1) is 0 Å². The number of carbonyl (C=O) groups is 1. The number of benzene rings is 1. The predicted molar refractivity (Wildman–Crippen MR) is 93.6 cm³/mol.